The third kappa shape index (κ3) is 12.3. The van der Waals surface area contributed by atoms with Crippen molar-refractivity contribution in [2.24, 2.45) is 5.41 Å². The second kappa shape index (κ2) is 9.99. The average molecular weight is 271 g/mol. The van der Waals surface area contributed by atoms with Gasteiger partial charge in [0.1, 0.15) is 0 Å². The maximum atomic E-state index is 3.77. The molecule has 0 unspecified atom stereocenters. The van der Waals surface area contributed by atoms with Gasteiger partial charge in [-0.3, -0.25) is 0 Å². The molecule has 0 aliphatic heterocycles. The van der Waals surface area contributed by atoms with Crippen molar-refractivity contribution >= 4 is 0 Å². The molecule has 0 saturated heterocycles. The molecule has 1 nitrogen and oxygen atoms in total. The van der Waals surface area contributed by atoms with Gasteiger partial charge in [-0.1, -0.05) is 48.5 Å². The molecular weight excluding hydrogens is 242 g/mol. The molecule has 1 aromatic carbocycles. The molecule has 0 fully saturated rings. The van der Waals surface area contributed by atoms with Crippen molar-refractivity contribution in [3.8, 4) is 0 Å². The molecule has 0 bridgehead atoms. The third-order valence-electron chi connectivity index (χ3n) is 2.18. The fourth-order valence-electron chi connectivity index (χ4n) is 1.13. The Morgan fingerprint density at radius 3 is 1.12 bits per heavy atom. The van der Waals surface area contributed by atoms with Crippen molar-refractivity contribution in [3.63, 3.8) is 0 Å². The summed E-state index contributed by atoms with van der Waals surface area (Å²) in [5.41, 5.74) is 6.00. The minimum atomic E-state index is 0. The van der Waals surface area contributed by atoms with Crippen molar-refractivity contribution in [2.75, 3.05) is 0 Å². The molecule has 1 aromatic rings. The van der Waals surface area contributed by atoms with Gasteiger partial charge in [0.15, 0.2) is 0 Å². The summed E-state index contributed by atoms with van der Waals surface area (Å²) in [6.07, 6.45) is 0. The molecular formula is C15H29NTi. The Morgan fingerprint density at radius 2 is 1.06 bits per heavy atom. The SMILES string of the molecule is Cc1[cH-]c(C)c(C)c1C.[CH2-]C(C)(C)C.[CH3-].[NH2-].[Ti+4]. The minimum absolute atomic E-state index is 0. The third-order valence-corrected chi connectivity index (χ3v) is 2.18. The Hall–Kier alpha value is 0.0243. The van der Waals surface area contributed by atoms with Gasteiger partial charge in [-0.05, 0) is 0 Å². The van der Waals surface area contributed by atoms with Crippen molar-refractivity contribution in [2.45, 2.75) is 48.5 Å². The van der Waals surface area contributed by atoms with Gasteiger partial charge in [-0.2, -0.15) is 33.7 Å². The zero-order valence-electron chi connectivity index (χ0n) is 12.9. The number of hydrogen-bond acceptors (Lipinski definition) is 0. The van der Waals surface area contributed by atoms with Gasteiger partial charge in [-0.25, -0.2) is 0 Å². The predicted molar refractivity (Wildman–Crippen MR) is 77.5 cm³/mol. The second-order valence-corrected chi connectivity index (χ2v) is 5.32. The molecule has 0 heterocycles. The number of aryl methyl sites for hydroxylation is 2. The molecule has 0 radical (unpaired) electrons. The minimum Gasteiger partial charge on any atom is -0.693 e. The van der Waals surface area contributed by atoms with Crippen molar-refractivity contribution < 1.29 is 21.7 Å². The van der Waals surface area contributed by atoms with E-state index in [4.69, 9.17) is 0 Å². The van der Waals surface area contributed by atoms with E-state index in [2.05, 4.69) is 61.5 Å². The van der Waals surface area contributed by atoms with Crippen LogP contribution < -0.4 is 0 Å². The summed E-state index contributed by atoms with van der Waals surface area (Å²) in [5, 5.41) is 0. The van der Waals surface area contributed by atoms with Crippen LogP contribution in [0.2, 0.25) is 0 Å². The van der Waals surface area contributed by atoms with Crippen molar-refractivity contribution in [3.05, 3.63) is 48.8 Å². The van der Waals surface area contributed by atoms with Crippen LogP contribution in [0.4, 0.5) is 0 Å². The first-order chi connectivity index (χ1) is 6.13. The van der Waals surface area contributed by atoms with Gasteiger partial charge in [0, 0.05) is 0 Å². The van der Waals surface area contributed by atoms with E-state index in [9.17, 15) is 0 Å². The maximum absolute atomic E-state index is 3.77. The average Bonchev–Trinajstić information content (AvgIpc) is 2.14. The smallest absolute Gasteiger partial charge is 0.693 e. The summed E-state index contributed by atoms with van der Waals surface area (Å²) < 4.78 is 0. The van der Waals surface area contributed by atoms with E-state index in [1.807, 2.05) is 0 Å². The van der Waals surface area contributed by atoms with Crippen LogP contribution in [0.5, 0.6) is 0 Å². The van der Waals surface area contributed by atoms with Crippen molar-refractivity contribution in [1.29, 1.82) is 0 Å². The molecule has 0 saturated carbocycles. The Morgan fingerprint density at radius 1 is 0.882 bits per heavy atom. The monoisotopic (exact) mass is 271 g/mol. The summed E-state index contributed by atoms with van der Waals surface area (Å²) in [6.45, 7) is 18.7. The van der Waals surface area contributed by atoms with Crippen LogP contribution in [0.1, 0.15) is 43.0 Å². The molecule has 1 rings (SSSR count). The largest absolute Gasteiger partial charge is 4.00 e. The van der Waals surface area contributed by atoms with E-state index < -0.39 is 0 Å². The Balaban J connectivity index is -0.0000000948. The summed E-state index contributed by atoms with van der Waals surface area (Å²) in [7, 11) is 0. The van der Waals surface area contributed by atoms with E-state index in [0.717, 1.165) is 0 Å². The first-order valence-corrected chi connectivity index (χ1v) is 5.18. The number of rotatable bonds is 0. The van der Waals surface area contributed by atoms with E-state index in [-0.39, 0.29) is 40.7 Å². The standard InChI is InChI=1S/C9H13.C5H11.CH3.H2N.Ti/c1-6-5-7(2)9(4)8(6)3;1-5(2,3)4;;;/h5H,1-4H3;1H2,2-4H3;1H3;1H2;/q4*-1;+4. The van der Waals surface area contributed by atoms with Crippen LogP contribution >= 0.6 is 0 Å². The van der Waals surface area contributed by atoms with Crippen LogP contribution in [0, 0.1) is 47.5 Å². The molecule has 0 atom stereocenters. The van der Waals surface area contributed by atoms with E-state index in [1.165, 1.54) is 22.3 Å². The van der Waals surface area contributed by atoms with Crippen LogP contribution in [0.25, 0.3) is 6.15 Å². The van der Waals surface area contributed by atoms with Crippen LogP contribution in [-0.2, 0) is 21.7 Å². The zero-order chi connectivity index (χ0) is 11.5. The quantitative estimate of drug-likeness (QED) is 0.430. The van der Waals surface area contributed by atoms with Crippen molar-refractivity contribution in [1.82, 2.24) is 0 Å². The zero-order valence-corrected chi connectivity index (χ0v) is 14.4. The normalized spacial score (nSPS) is 8.94. The summed E-state index contributed by atoms with van der Waals surface area (Å²) >= 11 is 0. The van der Waals surface area contributed by atoms with Gasteiger partial charge in [0.2, 0.25) is 0 Å². The molecule has 0 aliphatic rings. The first-order valence-electron chi connectivity index (χ1n) is 5.18. The number of hydrogen-bond donors (Lipinski definition) is 0. The molecule has 0 aromatic heterocycles. The van der Waals surface area contributed by atoms with Gasteiger partial charge in [-0.15, -0.1) is 0 Å². The summed E-state index contributed by atoms with van der Waals surface area (Å²) in [5.74, 6) is 0. The summed E-state index contributed by atoms with van der Waals surface area (Å²) in [4.78, 5) is 0. The van der Waals surface area contributed by atoms with Gasteiger partial charge >= 0.3 is 21.7 Å². The number of nitrogens with two attached hydrogens (primary N) is 1. The molecule has 17 heavy (non-hydrogen) atoms. The van der Waals surface area contributed by atoms with Gasteiger partial charge < -0.3 is 20.5 Å². The fraction of sp³-hybridized carbons (Fsp3) is 0.533. The van der Waals surface area contributed by atoms with Gasteiger partial charge in [0.25, 0.3) is 0 Å². The van der Waals surface area contributed by atoms with Crippen LogP contribution in [-0.4, -0.2) is 0 Å². The van der Waals surface area contributed by atoms with E-state index in [0.29, 0.717) is 0 Å². The first kappa shape index (κ1) is 25.8. The maximum Gasteiger partial charge on any atom is 4.00 e. The predicted octanol–water partition coefficient (Wildman–Crippen LogP) is 5.67. The molecule has 0 aliphatic carbocycles. The molecule has 98 valence electrons. The molecule has 0 amide bonds. The fourth-order valence-corrected chi connectivity index (χ4v) is 1.13. The van der Waals surface area contributed by atoms with Crippen LogP contribution in [0.3, 0.4) is 0 Å². The second-order valence-electron chi connectivity index (χ2n) is 5.32. The molecule has 0 spiro atoms. The summed E-state index contributed by atoms with van der Waals surface area (Å²) in [6, 6.07) is 2.24. The van der Waals surface area contributed by atoms with E-state index >= 15 is 0 Å². The molecule has 2 N–H and O–H groups in total. The Kier molecular flexibility index (Phi) is 15.2. The topological polar surface area (TPSA) is 33.5 Å². The van der Waals surface area contributed by atoms with Crippen LogP contribution in [0.15, 0.2) is 6.07 Å². The molecule has 2 heteroatoms. The Labute approximate surface area is 124 Å². The Bertz CT molecular complexity index is 264. The van der Waals surface area contributed by atoms with E-state index in [1.54, 1.807) is 0 Å². The van der Waals surface area contributed by atoms with Gasteiger partial charge in [0.05, 0.1) is 0 Å².